The lowest BCUT2D eigenvalue weighted by Gasteiger charge is -2.08. The maximum atomic E-state index is 11.3. The van der Waals surface area contributed by atoms with Crippen LogP contribution in [0.4, 0.5) is 0 Å². The van der Waals surface area contributed by atoms with Gasteiger partial charge < -0.3 is 10.2 Å². The van der Waals surface area contributed by atoms with Gasteiger partial charge in [0.1, 0.15) is 11.3 Å². The standard InChI is InChI=1S/C26H42O3/c1-2-3-4-5-6-7-8-9-10-11-12-13-14-15-16-17-18-20-23-21-19-22-24(27)25(23)26(28)29/h7-8,19,21-22,27H,2-6,9-18,20H2,1H3,(H,28,29). The van der Waals surface area contributed by atoms with Crippen molar-refractivity contribution in [3.05, 3.63) is 41.5 Å². The number of hydrogen-bond donors (Lipinski definition) is 2. The van der Waals surface area contributed by atoms with E-state index in [9.17, 15) is 15.0 Å². The molecule has 0 spiro atoms. The maximum absolute atomic E-state index is 11.3. The van der Waals surface area contributed by atoms with Crippen molar-refractivity contribution in [3.8, 4) is 5.75 Å². The van der Waals surface area contributed by atoms with E-state index in [-0.39, 0.29) is 11.3 Å². The van der Waals surface area contributed by atoms with Crippen molar-refractivity contribution in [2.24, 2.45) is 0 Å². The summed E-state index contributed by atoms with van der Waals surface area (Å²) in [5, 5.41) is 18.9. The van der Waals surface area contributed by atoms with E-state index in [4.69, 9.17) is 0 Å². The average Bonchev–Trinajstić information content (AvgIpc) is 2.70. The lowest BCUT2D eigenvalue weighted by molar-refractivity contribution is 0.0692. The lowest BCUT2D eigenvalue weighted by atomic mass is 9.99. The van der Waals surface area contributed by atoms with Gasteiger partial charge in [-0.25, -0.2) is 4.79 Å². The van der Waals surface area contributed by atoms with Crippen LogP contribution in [0.5, 0.6) is 5.75 Å². The maximum Gasteiger partial charge on any atom is 0.339 e. The number of phenols is 1. The van der Waals surface area contributed by atoms with Gasteiger partial charge >= 0.3 is 5.97 Å². The Balaban J connectivity index is 1.93. The number of carbonyl (C=O) groups is 1. The van der Waals surface area contributed by atoms with Crippen molar-refractivity contribution in [1.82, 2.24) is 0 Å². The van der Waals surface area contributed by atoms with Crippen LogP contribution in [0.2, 0.25) is 0 Å². The molecule has 0 saturated heterocycles. The van der Waals surface area contributed by atoms with Crippen molar-refractivity contribution in [2.45, 2.75) is 110 Å². The van der Waals surface area contributed by atoms with Gasteiger partial charge in [-0.1, -0.05) is 95.4 Å². The molecule has 0 atom stereocenters. The zero-order chi connectivity index (χ0) is 21.2. The van der Waals surface area contributed by atoms with E-state index in [1.54, 1.807) is 6.07 Å². The zero-order valence-corrected chi connectivity index (χ0v) is 18.5. The fraction of sp³-hybridized carbons (Fsp3) is 0.654. The number of rotatable bonds is 18. The number of carboxylic acids is 1. The van der Waals surface area contributed by atoms with Gasteiger partial charge in [0.2, 0.25) is 0 Å². The van der Waals surface area contributed by atoms with Gasteiger partial charge in [-0.3, -0.25) is 0 Å². The molecule has 0 fully saturated rings. The third-order valence-electron chi connectivity index (χ3n) is 5.55. The molecule has 164 valence electrons. The summed E-state index contributed by atoms with van der Waals surface area (Å²) in [6, 6.07) is 4.98. The van der Waals surface area contributed by atoms with Gasteiger partial charge in [-0.15, -0.1) is 0 Å². The predicted molar refractivity (Wildman–Crippen MR) is 123 cm³/mol. The minimum atomic E-state index is -1.04. The van der Waals surface area contributed by atoms with Crippen LogP contribution < -0.4 is 0 Å². The molecule has 29 heavy (non-hydrogen) atoms. The van der Waals surface area contributed by atoms with Gasteiger partial charge in [-0.05, 0) is 50.2 Å². The smallest absolute Gasteiger partial charge is 0.339 e. The summed E-state index contributed by atoms with van der Waals surface area (Å²) in [6.45, 7) is 2.26. The first kappa shape index (κ1) is 25.3. The lowest BCUT2D eigenvalue weighted by Crippen LogP contribution is -2.03. The second-order valence-electron chi connectivity index (χ2n) is 8.16. The van der Waals surface area contributed by atoms with Crippen molar-refractivity contribution in [3.63, 3.8) is 0 Å². The van der Waals surface area contributed by atoms with E-state index in [1.807, 2.05) is 6.07 Å². The van der Waals surface area contributed by atoms with Crippen LogP contribution in [-0.2, 0) is 6.42 Å². The minimum Gasteiger partial charge on any atom is -0.507 e. The third-order valence-corrected chi connectivity index (χ3v) is 5.55. The normalized spacial score (nSPS) is 11.3. The van der Waals surface area contributed by atoms with E-state index in [0.29, 0.717) is 0 Å². The molecular formula is C26H42O3. The Bertz CT molecular complexity index is 577. The molecule has 0 bridgehead atoms. The largest absolute Gasteiger partial charge is 0.507 e. The first-order valence-electron chi connectivity index (χ1n) is 11.9. The van der Waals surface area contributed by atoms with Gasteiger partial charge in [0, 0.05) is 0 Å². The van der Waals surface area contributed by atoms with Crippen molar-refractivity contribution in [2.75, 3.05) is 0 Å². The highest BCUT2D eigenvalue weighted by Crippen LogP contribution is 2.23. The van der Waals surface area contributed by atoms with Crippen LogP contribution in [-0.4, -0.2) is 16.2 Å². The van der Waals surface area contributed by atoms with E-state index < -0.39 is 5.97 Å². The highest BCUT2D eigenvalue weighted by atomic mass is 16.4. The molecule has 2 N–H and O–H groups in total. The fourth-order valence-corrected chi connectivity index (χ4v) is 3.78. The van der Waals surface area contributed by atoms with Crippen LogP contribution in [0.25, 0.3) is 0 Å². The Morgan fingerprint density at radius 2 is 1.31 bits per heavy atom. The topological polar surface area (TPSA) is 57.5 Å². The molecule has 0 aromatic heterocycles. The van der Waals surface area contributed by atoms with Gasteiger partial charge in [-0.2, -0.15) is 0 Å². The van der Waals surface area contributed by atoms with E-state index in [0.717, 1.165) is 24.8 Å². The molecule has 0 radical (unpaired) electrons. The minimum absolute atomic E-state index is 0.0684. The summed E-state index contributed by atoms with van der Waals surface area (Å²) in [5.74, 6) is -1.17. The van der Waals surface area contributed by atoms with E-state index in [2.05, 4.69) is 19.1 Å². The summed E-state index contributed by atoms with van der Waals surface area (Å²) < 4.78 is 0. The molecule has 0 amide bonds. The summed E-state index contributed by atoms with van der Waals surface area (Å²) in [4.78, 5) is 11.3. The number of aromatic hydroxyl groups is 1. The number of allylic oxidation sites excluding steroid dienone is 2. The third kappa shape index (κ3) is 12.4. The van der Waals surface area contributed by atoms with Crippen molar-refractivity contribution >= 4 is 5.97 Å². The Morgan fingerprint density at radius 1 is 0.793 bits per heavy atom. The highest BCUT2D eigenvalue weighted by Gasteiger charge is 2.14. The first-order valence-corrected chi connectivity index (χ1v) is 11.9. The number of aromatic carboxylic acids is 1. The molecular weight excluding hydrogens is 360 g/mol. The van der Waals surface area contributed by atoms with E-state index in [1.165, 1.54) is 89.5 Å². The molecule has 1 rings (SSSR count). The molecule has 0 aliphatic heterocycles. The molecule has 1 aromatic carbocycles. The highest BCUT2D eigenvalue weighted by molar-refractivity contribution is 5.92. The second-order valence-corrected chi connectivity index (χ2v) is 8.16. The Kier molecular flexibility index (Phi) is 14.9. The second kappa shape index (κ2) is 17.1. The van der Waals surface area contributed by atoms with Crippen LogP contribution >= 0.6 is 0 Å². The summed E-state index contributed by atoms with van der Waals surface area (Å²) in [5.41, 5.74) is 0.811. The van der Waals surface area contributed by atoms with Crippen LogP contribution in [0.15, 0.2) is 30.4 Å². The molecule has 0 aliphatic carbocycles. The van der Waals surface area contributed by atoms with Gasteiger partial charge in [0.25, 0.3) is 0 Å². The average molecular weight is 403 g/mol. The van der Waals surface area contributed by atoms with Crippen LogP contribution in [0.3, 0.4) is 0 Å². The number of hydrogen-bond acceptors (Lipinski definition) is 2. The summed E-state index contributed by atoms with van der Waals surface area (Å²) in [6.07, 6.45) is 24.6. The van der Waals surface area contributed by atoms with Gasteiger partial charge in [0.05, 0.1) is 0 Å². The molecule has 1 aromatic rings. The molecule has 0 unspecified atom stereocenters. The molecule has 3 heteroatoms. The van der Waals surface area contributed by atoms with Gasteiger partial charge in [0.15, 0.2) is 0 Å². The SMILES string of the molecule is CCCCCCC=CCCCCCCCCCCCc1cccc(O)c1C(=O)O. The Hall–Kier alpha value is -1.77. The van der Waals surface area contributed by atoms with Crippen molar-refractivity contribution < 1.29 is 15.0 Å². The Labute approximate surface area is 178 Å². The molecule has 0 heterocycles. The number of unbranched alkanes of at least 4 members (excludes halogenated alkanes) is 13. The first-order chi connectivity index (χ1) is 14.2. The monoisotopic (exact) mass is 402 g/mol. The number of aryl methyl sites for hydroxylation is 1. The van der Waals surface area contributed by atoms with Crippen LogP contribution in [0, 0.1) is 0 Å². The van der Waals surface area contributed by atoms with Crippen LogP contribution in [0.1, 0.15) is 119 Å². The Morgan fingerprint density at radius 3 is 1.86 bits per heavy atom. The molecule has 0 aliphatic rings. The molecule has 0 saturated carbocycles. The molecule has 3 nitrogen and oxygen atoms in total. The predicted octanol–water partition coefficient (Wildman–Crippen LogP) is 8.06. The van der Waals surface area contributed by atoms with E-state index >= 15 is 0 Å². The number of carboxylic acid groups (broad SMARTS) is 1. The number of benzene rings is 1. The fourth-order valence-electron chi connectivity index (χ4n) is 3.78. The summed E-state index contributed by atoms with van der Waals surface area (Å²) in [7, 11) is 0. The summed E-state index contributed by atoms with van der Waals surface area (Å²) >= 11 is 0. The van der Waals surface area contributed by atoms with Crippen molar-refractivity contribution in [1.29, 1.82) is 0 Å². The zero-order valence-electron chi connectivity index (χ0n) is 18.5. The quantitative estimate of drug-likeness (QED) is 0.193.